The number of rotatable bonds is 4. The van der Waals surface area contributed by atoms with Crippen molar-refractivity contribution in [1.29, 1.82) is 0 Å². The Morgan fingerprint density at radius 2 is 2.24 bits per heavy atom. The summed E-state index contributed by atoms with van der Waals surface area (Å²) < 4.78 is 8.89. The van der Waals surface area contributed by atoms with E-state index < -0.39 is 12.0 Å². The number of nitrogens with zero attached hydrogens (tertiary/aromatic N) is 5. The predicted molar refractivity (Wildman–Crippen MR) is 106 cm³/mol. The van der Waals surface area contributed by atoms with E-state index in [1.54, 1.807) is 13.2 Å². The number of primary amides is 1. The average molecular weight is 393 g/mol. The van der Waals surface area contributed by atoms with Crippen molar-refractivity contribution >= 4 is 28.4 Å². The summed E-state index contributed by atoms with van der Waals surface area (Å²) in [5.74, 6) is 0.0635. The molecule has 4 N–H and O–H groups in total. The molecule has 5 heterocycles. The number of carbonyl (C=O) groups is 1. The number of aliphatic hydroxyl groups excluding tert-OH is 1. The van der Waals surface area contributed by atoms with Crippen molar-refractivity contribution in [2.24, 2.45) is 5.73 Å². The number of hydrogen-bond acceptors (Lipinski definition) is 7. The number of nitrogens with two attached hydrogens (primary N) is 1. The molecule has 4 aromatic rings. The molecule has 10 heteroatoms. The number of aromatic nitrogens is 5. The molecule has 0 bridgehead atoms. The smallest absolute Gasteiger partial charge is 0.254 e. The van der Waals surface area contributed by atoms with Crippen molar-refractivity contribution in [2.75, 3.05) is 25.6 Å². The van der Waals surface area contributed by atoms with Crippen molar-refractivity contribution in [3.05, 3.63) is 42.4 Å². The highest BCUT2D eigenvalue weighted by Gasteiger charge is 2.30. The number of amides is 1. The zero-order valence-electron chi connectivity index (χ0n) is 15.6. The van der Waals surface area contributed by atoms with Gasteiger partial charge in [0, 0.05) is 36.5 Å². The largest absolute Gasteiger partial charge is 0.388 e. The lowest BCUT2D eigenvalue weighted by Crippen LogP contribution is -2.21. The van der Waals surface area contributed by atoms with Crippen LogP contribution < -0.4 is 11.1 Å². The van der Waals surface area contributed by atoms with Gasteiger partial charge in [-0.05, 0) is 12.1 Å². The molecule has 0 aromatic carbocycles. The van der Waals surface area contributed by atoms with Gasteiger partial charge in [-0.15, -0.1) is 0 Å². The number of pyridine rings is 1. The molecule has 5 rings (SSSR count). The van der Waals surface area contributed by atoms with Gasteiger partial charge in [0.2, 0.25) is 0 Å². The number of ether oxygens (including phenoxy) is 1. The standard InChI is InChI=1S/C19H19N7O3/c1-21-16-5-13(24-19-11(17(20)28)6-23-26(16)19)12-7-25(14-8-29-9-15(14)27)18-10(12)3-2-4-22-18/h2-7,14-15,21,27H,8-9H2,1H3,(H2,20,28)/t14-,15-/m0/s1. The molecule has 29 heavy (non-hydrogen) atoms. The first kappa shape index (κ1) is 17.6. The number of hydrogen-bond donors (Lipinski definition) is 3. The van der Waals surface area contributed by atoms with Gasteiger partial charge in [0.05, 0.1) is 31.1 Å². The quantitative estimate of drug-likeness (QED) is 0.467. The van der Waals surface area contributed by atoms with Crippen LogP contribution in [0, 0.1) is 0 Å². The summed E-state index contributed by atoms with van der Waals surface area (Å²) in [6, 6.07) is 5.42. The van der Waals surface area contributed by atoms with Crippen LogP contribution in [0.3, 0.4) is 0 Å². The summed E-state index contributed by atoms with van der Waals surface area (Å²) in [7, 11) is 1.77. The fourth-order valence-electron chi connectivity index (χ4n) is 3.79. The Bertz CT molecular complexity index is 1250. The molecule has 2 atom stereocenters. The zero-order chi connectivity index (χ0) is 20.1. The minimum atomic E-state index is -0.611. The third-order valence-electron chi connectivity index (χ3n) is 5.24. The molecule has 1 aliphatic heterocycles. The molecule has 0 aliphatic carbocycles. The summed E-state index contributed by atoms with van der Waals surface area (Å²) in [5.41, 5.74) is 8.28. The summed E-state index contributed by atoms with van der Waals surface area (Å²) >= 11 is 0. The van der Waals surface area contributed by atoms with Gasteiger partial charge >= 0.3 is 0 Å². The van der Waals surface area contributed by atoms with E-state index >= 15 is 0 Å². The Labute approximate surface area is 164 Å². The van der Waals surface area contributed by atoms with Crippen LogP contribution >= 0.6 is 0 Å². The van der Waals surface area contributed by atoms with Crippen LogP contribution in [-0.4, -0.2) is 61.5 Å². The van der Waals surface area contributed by atoms with Gasteiger partial charge in [-0.2, -0.15) is 9.61 Å². The molecular formula is C19H19N7O3. The van der Waals surface area contributed by atoms with Gasteiger partial charge in [0.15, 0.2) is 5.65 Å². The van der Waals surface area contributed by atoms with E-state index in [1.807, 2.05) is 29.0 Å². The second-order valence-corrected chi connectivity index (χ2v) is 6.93. The van der Waals surface area contributed by atoms with Crippen LogP contribution in [0.1, 0.15) is 16.4 Å². The third-order valence-corrected chi connectivity index (χ3v) is 5.24. The molecular weight excluding hydrogens is 374 g/mol. The molecule has 1 aliphatic rings. The lowest BCUT2D eigenvalue weighted by molar-refractivity contribution is 0.100. The molecule has 0 unspecified atom stereocenters. The van der Waals surface area contributed by atoms with E-state index in [0.717, 1.165) is 16.6 Å². The van der Waals surface area contributed by atoms with E-state index in [0.29, 0.717) is 30.4 Å². The van der Waals surface area contributed by atoms with Gasteiger partial charge < -0.3 is 25.5 Å². The first-order chi connectivity index (χ1) is 14.1. The molecule has 0 spiro atoms. The molecule has 0 saturated carbocycles. The summed E-state index contributed by atoms with van der Waals surface area (Å²) in [6.07, 6.45) is 4.42. The van der Waals surface area contributed by atoms with Crippen LogP contribution in [-0.2, 0) is 4.74 Å². The minimum Gasteiger partial charge on any atom is -0.388 e. The monoisotopic (exact) mass is 393 g/mol. The van der Waals surface area contributed by atoms with Crippen LogP contribution in [0.25, 0.3) is 27.9 Å². The normalized spacial score (nSPS) is 19.2. The number of carbonyl (C=O) groups excluding carboxylic acids is 1. The molecule has 1 saturated heterocycles. The maximum absolute atomic E-state index is 11.8. The Kier molecular flexibility index (Phi) is 3.96. The maximum atomic E-state index is 11.8. The SMILES string of the molecule is CNc1cc(-c2cn([C@H]3COC[C@@H]3O)c3ncccc23)nc2c(C(N)=O)cnn12. The highest BCUT2D eigenvalue weighted by Crippen LogP contribution is 2.34. The van der Waals surface area contributed by atoms with Gasteiger partial charge in [0.25, 0.3) is 5.91 Å². The zero-order valence-corrected chi connectivity index (χ0v) is 15.6. The number of aliphatic hydroxyl groups is 1. The first-order valence-corrected chi connectivity index (χ1v) is 9.16. The van der Waals surface area contributed by atoms with Crippen molar-refractivity contribution in [1.82, 2.24) is 24.1 Å². The van der Waals surface area contributed by atoms with E-state index in [9.17, 15) is 9.90 Å². The highest BCUT2D eigenvalue weighted by atomic mass is 16.5. The Morgan fingerprint density at radius 1 is 1.38 bits per heavy atom. The molecule has 10 nitrogen and oxygen atoms in total. The van der Waals surface area contributed by atoms with Crippen molar-refractivity contribution in [3.8, 4) is 11.3 Å². The van der Waals surface area contributed by atoms with Crippen LogP contribution in [0.4, 0.5) is 5.82 Å². The number of nitrogens with one attached hydrogen (secondary N) is 1. The summed E-state index contributed by atoms with van der Waals surface area (Å²) in [5, 5.41) is 18.5. The van der Waals surface area contributed by atoms with E-state index in [4.69, 9.17) is 10.5 Å². The molecule has 0 radical (unpaired) electrons. The highest BCUT2D eigenvalue weighted by molar-refractivity contribution is 6.00. The average Bonchev–Trinajstić information content (AvgIpc) is 3.43. The summed E-state index contributed by atoms with van der Waals surface area (Å²) in [6.45, 7) is 0.696. The fraction of sp³-hybridized carbons (Fsp3) is 0.263. The van der Waals surface area contributed by atoms with Crippen LogP contribution in [0.2, 0.25) is 0 Å². The number of anilines is 1. The van der Waals surface area contributed by atoms with Crippen LogP contribution in [0.5, 0.6) is 0 Å². The van der Waals surface area contributed by atoms with Crippen LogP contribution in [0.15, 0.2) is 36.8 Å². The van der Waals surface area contributed by atoms with Crippen molar-refractivity contribution in [2.45, 2.75) is 12.1 Å². The molecule has 1 amide bonds. The number of fused-ring (bicyclic) bond motifs is 2. The molecule has 4 aromatic heterocycles. The fourth-order valence-corrected chi connectivity index (χ4v) is 3.79. The minimum absolute atomic E-state index is 0.232. The van der Waals surface area contributed by atoms with E-state index in [2.05, 4.69) is 20.4 Å². The van der Waals surface area contributed by atoms with Gasteiger partial charge in [-0.1, -0.05) is 0 Å². The topological polar surface area (TPSA) is 133 Å². The van der Waals surface area contributed by atoms with Gasteiger partial charge in [-0.25, -0.2) is 9.97 Å². The van der Waals surface area contributed by atoms with Crippen molar-refractivity contribution < 1.29 is 14.6 Å². The Balaban J connectivity index is 1.77. The lowest BCUT2D eigenvalue weighted by atomic mass is 10.1. The molecule has 148 valence electrons. The second-order valence-electron chi connectivity index (χ2n) is 6.93. The Hall–Kier alpha value is -3.50. The predicted octanol–water partition coefficient (Wildman–Crippen LogP) is 0.819. The van der Waals surface area contributed by atoms with E-state index in [1.165, 1.54) is 10.7 Å². The summed E-state index contributed by atoms with van der Waals surface area (Å²) in [4.78, 5) is 21.0. The first-order valence-electron chi connectivity index (χ1n) is 9.16. The third kappa shape index (κ3) is 2.64. The lowest BCUT2D eigenvalue weighted by Gasteiger charge is -2.15. The van der Waals surface area contributed by atoms with Gasteiger partial charge in [-0.3, -0.25) is 4.79 Å². The van der Waals surface area contributed by atoms with Crippen molar-refractivity contribution in [3.63, 3.8) is 0 Å². The van der Waals surface area contributed by atoms with Gasteiger partial charge in [0.1, 0.15) is 23.1 Å². The Morgan fingerprint density at radius 3 is 2.97 bits per heavy atom. The van der Waals surface area contributed by atoms with E-state index in [-0.39, 0.29) is 11.6 Å². The maximum Gasteiger partial charge on any atom is 0.254 e. The molecule has 1 fully saturated rings. The second kappa shape index (κ2) is 6.54.